The summed E-state index contributed by atoms with van der Waals surface area (Å²) in [5.74, 6) is -0.238. The number of halogens is 3. The summed E-state index contributed by atoms with van der Waals surface area (Å²) in [4.78, 5) is 36.9. The van der Waals surface area contributed by atoms with Gasteiger partial charge in [0.2, 0.25) is 5.91 Å². The number of aromatic amines is 1. The number of aryl methyl sites for hydroxylation is 1. The van der Waals surface area contributed by atoms with Crippen LogP contribution in [0.3, 0.4) is 0 Å². The fourth-order valence-electron chi connectivity index (χ4n) is 5.06. The predicted octanol–water partition coefficient (Wildman–Crippen LogP) is 4.15. The van der Waals surface area contributed by atoms with Gasteiger partial charge < -0.3 is 25.5 Å². The van der Waals surface area contributed by atoms with Gasteiger partial charge in [0.1, 0.15) is 35.6 Å². The van der Waals surface area contributed by atoms with E-state index in [2.05, 4.69) is 25.6 Å². The van der Waals surface area contributed by atoms with E-state index in [0.717, 1.165) is 12.8 Å². The number of hydrogen-bond donors (Lipinski definition) is 4. The number of amides is 2. The van der Waals surface area contributed by atoms with E-state index in [0.29, 0.717) is 53.6 Å². The average Bonchev–Trinajstić information content (AvgIpc) is 3.68. The fraction of sp³-hybridized carbons (Fsp3) is 0.500. The number of aliphatic hydroxyl groups excluding tert-OH is 1. The van der Waals surface area contributed by atoms with E-state index in [-0.39, 0.29) is 23.1 Å². The molecule has 2 aromatic heterocycles. The van der Waals surface area contributed by atoms with Gasteiger partial charge >= 0.3 is 0 Å². The molecule has 2 fully saturated rings. The number of aliphatic hydroxyl groups is 1. The second-order valence-electron chi connectivity index (χ2n) is 10.7. The summed E-state index contributed by atoms with van der Waals surface area (Å²) in [5.41, 5.74) is 1.83. The van der Waals surface area contributed by atoms with Gasteiger partial charge in [-0.25, -0.2) is 23.1 Å². The van der Waals surface area contributed by atoms with Crippen molar-refractivity contribution in [1.29, 1.82) is 0 Å². The van der Waals surface area contributed by atoms with Crippen LogP contribution in [0.25, 0.3) is 22.3 Å². The SMILES string of the molecule is Cc1[nH]c2c(-c3cc(C(F)F)ccc3OCC3CC3)ncnc2c1C(=O)N[C@@H]1CC[C@@H](NC(=O)[C@H](C)O)C[C@H]1F. The second-order valence-corrected chi connectivity index (χ2v) is 10.7. The first-order chi connectivity index (χ1) is 19.1. The average molecular weight is 560 g/mol. The van der Waals surface area contributed by atoms with Gasteiger partial charge in [-0.05, 0) is 63.6 Å². The Labute approximate surface area is 228 Å². The molecule has 2 aliphatic rings. The molecule has 2 saturated carbocycles. The molecule has 2 aliphatic carbocycles. The summed E-state index contributed by atoms with van der Waals surface area (Å²) in [6.45, 7) is 3.49. The van der Waals surface area contributed by atoms with Crippen LogP contribution < -0.4 is 15.4 Å². The number of hydrogen-bond acceptors (Lipinski definition) is 6. The van der Waals surface area contributed by atoms with Crippen molar-refractivity contribution in [3.63, 3.8) is 0 Å². The molecule has 0 bridgehead atoms. The maximum absolute atomic E-state index is 15.0. The summed E-state index contributed by atoms with van der Waals surface area (Å²) in [6, 6.07) is 2.97. The standard InChI is InChI=1S/C28H32F3N5O4/c1-13-22(28(39)36-20-7-6-17(10-19(20)29)35-27(38)14(2)37)24-25(34-13)23(32-12-33-24)18-9-16(26(30)31)5-8-21(18)40-11-15-3-4-15/h5,8-9,12,14-15,17,19-20,26,34,37H,3-4,6-7,10-11H2,1-2H3,(H,35,38)(H,36,39)/t14-,17+,19+,20+/m0/s1. The summed E-state index contributed by atoms with van der Waals surface area (Å²) in [6.07, 6.45) is -1.16. The van der Waals surface area contributed by atoms with E-state index >= 15 is 0 Å². The molecule has 0 spiro atoms. The van der Waals surface area contributed by atoms with Crippen LogP contribution in [0.2, 0.25) is 0 Å². The second kappa shape index (κ2) is 11.4. The van der Waals surface area contributed by atoms with Gasteiger partial charge in [-0.15, -0.1) is 0 Å². The quantitative estimate of drug-likeness (QED) is 0.312. The molecule has 0 aliphatic heterocycles. The zero-order valence-corrected chi connectivity index (χ0v) is 22.2. The number of carbonyl (C=O) groups is 2. The van der Waals surface area contributed by atoms with Gasteiger partial charge in [-0.1, -0.05) is 0 Å². The van der Waals surface area contributed by atoms with Crippen molar-refractivity contribution in [2.75, 3.05) is 6.61 Å². The number of aromatic nitrogens is 3. The van der Waals surface area contributed by atoms with Crippen LogP contribution >= 0.6 is 0 Å². The minimum atomic E-state index is -2.69. The molecule has 4 N–H and O–H groups in total. The van der Waals surface area contributed by atoms with Gasteiger partial charge in [-0.2, -0.15) is 0 Å². The number of fused-ring (bicyclic) bond motifs is 1. The highest BCUT2D eigenvalue weighted by atomic mass is 19.3. The van der Waals surface area contributed by atoms with Gasteiger partial charge in [0, 0.05) is 29.3 Å². The largest absolute Gasteiger partial charge is 0.493 e. The van der Waals surface area contributed by atoms with Crippen molar-refractivity contribution < 1.29 is 32.6 Å². The van der Waals surface area contributed by atoms with E-state index in [9.17, 15) is 27.9 Å². The van der Waals surface area contributed by atoms with Crippen LogP contribution in [0.4, 0.5) is 13.2 Å². The highest BCUT2D eigenvalue weighted by molar-refractivity contribution is 6.09. The van der Waals surface area contributed by atoms with Crippen LogP contribution in [-0.2, 0) is 4.79 Å². The number of rotatable bonds is 9. The molecule has 4 atom stereocenters. The first-order valence-corrected chi connectivity index (χ1v) is 13.4. The van der Waals surface area contributed by atoms with Gasteiger partial charge in [-0.3, -0.25) is 9.59 Å². The van der Waals surface area contributed by atoms with Crippen molar-refractivity contribution in [1.82, 2.24) is 25.6 Å². The third kappa shape index (κ3) is 5.91. The molecule has 0 saturated heterocycles. The minimum absolute atomic E-state index is 0.00665. The lowest BCUT2D eigenvalue weighted by Crippen LogP contribution is -2.51. The monoisotopic (exact) mass is 559 g/mol. The first kappa shape index (κ1) is 27.9. The van der Waals surface area contributed by atoms with Crippen molar-refractivity contribution in [3.8, 4) is 17.0 Å². The van der Waals surface area contributed by atoms with E-state index in [4.69, 9.17) is 4.74 Å². The molecule has 9 nitrogen and oxygen atoms in total. The Morgan fingerprint density at radius 1 is 1.18 bits per heavy atom. The Hall–Kier alpha value is -3.67. The topological polar surface area (TPSA) is 129 Å². The number of carbonyl (C=O) groups excluding carboxylic acids is 2. The van der Waals surface area contributed by atoms with Crippen LogP contribution in [0, 0.1) is 12.8 Å². The van der Waals surface area contributed by atoms with Crippen LogP contribution in [0.5, 0.6) is 5.75 Å². The Kier molecular flexibility index (Phi) is 7.97. The lowest BCUT2D eigenvalue weighted by Gasteiger charge is -2.32. The third-order valence-corrected chi connectivity index (χ3v) is 7.50. The van der Waals surface area contributed by atoms with E-state index in [1.54, 1.807) is 6.92 Å². The van der Waals surface area contributed by atoms with Gasteiger partial charge in [0.15, 0.2) is 0 Å². The van der Waals surface area contributed by atoms with Gasteiger partial charge in [0.25, 0.3) is 12.3 Å². The molecule has 40 heavy (non-hydrogen) atoms. The zero-order chi connectivity index (χ0) is 28.6. The number of nitrogens with zero attached hydrogens (tertiary/aromatic N) is 2. The van der Waals surface area contributed by atoms with Crippen molar-refractivity contribution in [2.45, 2.75) is 76.7 Å². The Morgan fingerprint density at radius 2 is 1.95 bits per heavy atom. The molecule has 1 aromatic carbocycles. The van der Waals surface area contributed by atoms with Crippen LogP contribution in [0.1, 0.15) is 67.1 Å². The number of H-pyrrole nitrogens is 1. The van der Waals surface area contributed by atoms with Crippen LogP contribution in [-0.4, -0.2) is 62.8 Å². The minimum Gasteiger partial charge on any atom is -0.493 e. The Balaban J connectivity index is 1.40. The maximum Gasteiger partial charge on any atom is 0.263 e. The van der Waals surface area contributed by atoms with E-state index in [1.165, 1.54) is 31.5 Å². The highest BCUT2D eigenvalue weighted by Crippen LogP contribution is 2.38. The molecule has 12 heteroatoms. The Bertz CT molecular complexity index is 1410. The summed E-state index contributed by atoms with van der Waals surface area (Å²) in [7, 11) is 0. The number of benzene rings is 1. The normalized spacial score (nSPS) is 21.8. The Morgan fingerprint density at radius 3 is 2.62 bits per heavy atom. The molecular formula is C28H32F3N5O4. The highest BCUT2D eigenvalue weighted by Gasteiger charge is 2.34. The predicted molar refractivity (Wildman–Crippen MR) is 141 cm³/mol. The molecule has 2 amide bonds. The molecule has 3 aromatic rings. The van der Waals surface area contributed by atoms with Gasteiger partial charge in [0.05, 0.1) is 23.7 Å². The fourth-order valence-corrected chi connectivity index (χ4v) is 5.06. The third-order valence-electron chi connectivity index (χ3n) is 7.50. The summed E-state index contributed by atoms with van der Waals surface area (Å²) in [5, 5.41) is 14.8. The first-order valence-electron chi connectivity index (χ1n) is 13.4. The molecular weight excluding hydrogens is 527 g/mol. The molecule has 0 unspecified atom stereocenters. The molecule has 5 rings (SSSR count). The number of alkyl halides is 3. The number of ether oxygens (including phenoxy) is 1. The molecule has 2 heterocycles. The lowest BCUT2D eigenvalue weighted by atomic mass is 9.89. The zero-order valence-electron chi connectivity index (χ0n) is 22.2. The van der Waals surface area contributed by atoms with Crippen molar-refractivity contribution >= 4 is 22.8 Å². The van der Waals surface area contributed by atoms with Crippen molar-refractivity contribution in [2.24, 2.45) is 5.92 Å². The summed E-state index contributed by atoms with van der Waals surface area (Å²) >= 11 is 0. The molecule has 214 valence electrons. The molecule has 0 radical (unpaired) electrons. The van der Waals surface area contributed by atoms with Crippen LogP contribution in [0.15, 0.2) is 24.5 Å². The smallest absolute Gasteiger partial charge is 0.263 e. The number of nitrogens with one attached hydrogen (secondary N) is 3. The van der Waals surface area contributed by atoms with Crippen molar-refractivity contribution in [3.05, 3.63) is 41.3 Å². The maximum atomic E-state index is 15.0. The van der Waals surface area contributed by atoms with E-state index in [1.807, 2.05) is 0 Å². The summed E-state index contributed by atoms with van der Waals surface area (Å²) < 4.78 is 48.1. The lowest BCUT2D eigenvalue weighted by molar-refractivity contribution is -0.129. The van der Waals surface area contributed by atoms with E-state index < -0.39 is 42.6 Å².